The summed E-state index contributed by atoms with van der Waals surface area (Å²) >= 11 is 0. The van der Waals surface area contributed by atoms with Gasteiger partial charge < -0.3 is 0 Å². The molecule has 0 fully saturated rings. The Kier molecular flexibility index (Phi) is 4.81. The quantitative estimate of drug-likeness (QED) is 0.140. The molecular weight excluding hydrogens is 528 g/mol. The number of fused-ring (bicyclic) bond motifs is 12. The van der Waals surface area contributed by atoms with Crippen LogP contribution in [0.25, 0.3) is 97.3 Å². The molecule has 0 aromatic heterocycles. The fraction of sp³-hybridized carbons (Fsp3) is 0. The number of hydrogen-bond donors (Lipinski definition) is 0. The van der Waals surface area contributed by atoms with Gasteiger partial charge in [-0.25, -0.2) is 0 Å². The Bertz CT molecular complexity index is 2780. The molecule has 0 aliphatic rings. The normalized spacial score (nSPS) is 12.1. The van der Waals surface area contributed by atoms with Crippen molar-refractivity contribution in [3.63, 3.8) is 0 Å². The first-order valence-electron chi connectivity index (χ1n) is 15.3. The standard InChI is InChI=1S/C44H26/c1-2-8-28-24-42-32(19-27(28)7-1)15-16-33-22-35-23-34-20-29(13-14-30(34)21-36(35)26-43(33)42)31-17-18-41-39-11-4-3-9-37(39)38-10-5-6-12-40(38)44(41)25-31/h1-26H. The molecule has 0 unspecified atom stereocenters. The first kappa shape index (κ1) is 23.8. The van der Waals surface area contributed by atoms with Crippen LogP contribution in [-0.2, 0) is 0 Å². The Labute approximate surface area is 254 Å². The summed E-state index contributed by atoms with van der Waals surface area (Å²) in [6.45, 7) is 0. The van der Waals surface area contributed by atoms with Gasteiger partial charge in [-0.05, 0) is 146 Å². The molecule has 10 rings (SSSR count). The van der Waals surface area contributed by atoms with Crippen LogP contribution < -0.4 is 0 Å². The van der Waals surface area contributed by atoms with Gasteiger partial charge in [0.05, 0.1) is 0 Å². The second kappa shape index (κ2) is 8.89. The van der Waals surface area contributed by atoms with Gasteiger partial charge in [0.25, 0.3) is 0 Å². The van der Waals surface area contributed by atoms with Crippen molar-refractivity contribution in [1.29, 1.82) is 0 Å². The van der Waals surface area contributed by atoms with E-state index in [0.717, 1.165) is 0 Å². The van der Waals surface area contributed by atoms with Gasteiger partial charge in [-0.2, -0.15) is 0 Å². The second-order valence-corrected chi connectivity index (χ2v) is 12.2. The molecule has 0 N–H and O–H groups in total. The maximum Gasteiger partial charge on any atom is -0.00928 e. The van der Waals surface area contributed by atoms with Gasteiger partial charge in [-0.3, -0.25) is 0 Å². The first-order chi connectivity index (χ1) is 21.8. The molecule has 10 aromatic carbocycles. The molecule has 0 atom stereocenters. The van der Waals surface area contributed by atoms with Crippen LogP contribution in [0.3, 0.4) is 0 Å². The predicted octanol–water partition coefficient (Wildman–Crippen LogP) is 12.6. The predicted molar refractivity (Wildman–Crippen MR) is 192 cm³/mol. The largest absolute Gasteiger partial charge is 0.0616 e. The van der Waals surface area contributed by atoms with E-state index in [-0.39, 0.29) is 0 Å². The lowest BCUT2D eigenvalue weighted by Crippen LogP contribution is -1.86. The lowest BCUT2D eigenvalue weighted by atomic mass is 9.91. The average molecular weight is 555 g/mol. The molecule has 0 spiro atoms. The maximum atomic E-state index is 2.38. The van der Waals surface area contributed by atoms with Crippen LogP contribution in [0.4, 0.5) is 0 Å². The van der Waals surface area contributed by atoms with Crippen molar-refractivity contribution >= 4 is 86.2 Å². The van der Waals surface area contributed by atoms with Crippen LogP contribution in [-0.4, -0.2) is 0 Å². The van der Waals surface area contributed by atoms with Crippen LogP contribution in [0, 0.1) is 0 Å². The van der Waals surface area contributed by atoms with Crippen molar-refractivity contribution in [3.8, 4) is 11.1 Å². The Morgan fingerprint density at radius 2 is 0.568 bits per heavy atom. The lowest BCUT2D eigenvalue weighted by molar-refractivity contribution is 1.70. The molecule has 0 heterocycles. The summed E-state index contributed by atoms with van der Waals surface area (Å²) in [5, 5.41) is 20.7. The molecule has 202 valence electrons. The van der Waals surface area contributed by atoms with Gasteiger partial charge in [0, 0.05) is 0 Å². The lowest BCUT2D eigenvalue weighted by Gasteiger charge is -2.13. The van der Waals surface area contributed by atoms with E-state index in [1.165, 1.54) is 97.3 Å². The highest BCUT2D eigenvalue weighted by molar-refractivity contribution is 6.26. The van der Waals surface area contributed by atoms with Crippen LogP contribution in [0.2, 0.25) is 0 Å². The second-order valence-electron chi connectivity index (χ2n) is 12.2. The van der Waals surface area contributed by atoms with Crippen molar-refractivity contribution in [2.24, 2.45) is 0 Å². The molecular formula is C44H26. The summed E-state index contributed by atoms with van der Waals surface area (Å²) in [5.41, 5.74) is 2.49. The minimum Gasteiger partial charge on any atom is -0.0616 e. The molecule has 0 nitrogen and oxygen atoms in total. The van der Waals surface area contributed by atoms with E-state index in [2.05, 4.69) is 158 Å². The monoisotopic (exact) mass is 554 g/mol. The zero-order valence-corrected chi connectivity index (χ0v) is 24.0. The van der Waals surface area contributed by atoms with Crippen LogP contribution in [0.5, 0.6) is 0 Å². The highest BCUT2D eigenvalue weighted by atomic mass is 14.1. The third-order valence-corrected chi connectivity index (χ3v) is 9.69. The topological polar surface area (TPSA) is 0 Å². The fourth-order valence-electron chi connectivity index (χ4n) is 7.51. The fourth-order valence-corrected chi connectivity index (χ4v) is 7.51. The molecule has 44 heavy (non-hydrogen) atoms. The number of rotatable bonds is 1. The number of hydrogen-bond acceptors (Lipinski definition) is 0. The minimum absolute atomic E-state index is 1.25. The first-order valence-corrected chi connectivity index (χ1v) is 15.3. The molecule has 0 saturated carbocycles. The third kappa shape index (κ3) is 3.46. The molecule has 0 heteroatoms. The van der Waals surface area contributed by atoms with Crippen molar-refractivity contribution in [3.05, 3.63) is 158 Å². The van der Waals surface area contributed by atoms with E-state index < -0.39 is 0 Å². The minimum atomic E-state index is 1.25. The molecule has 10 aromatic rings. The van der Waals surface area contributed by atoms with Gasteiger partial charge in [0.1, 0.15) is 0 Å². The summed E-state index contributed by atoms with van der Waals surface area (Å²) in [6, 6.07) is 58.8. The van der Waals surface area contributed by atoms with Crippen molar-refractivity contribution < 1.29 is 0 Å². The highest BCUT2D eigenvalue weighted by Crippen LogP contribution is 2.38. The van der Waals surface area contributed by atoms with Gasteiger partial charge in [0.15, 0.2) is 0 Å². The van der Waals surface area contributed by atoms with E-state index in [1.54, 1.807) is 0 Å². The molecule has 0 bridgehead atoms. The Morgan fingerprint density at radius 3 is 1.27 bits per heavy atom. The third-order valence-electron chi connectivity index (χ3n) is 9.69. The van der Waals surface area contributed by atoms with Crippen LogP contribution in [0.15, 0.2) is 158 Å². The van der Waals surface area contributed by atoms with Gasteiger partial charge in [-0.15, -0.1) is 0 Å². The van der Waals surface area contributed by atoms with Crippen LogP contribution >= 0.6 is 0 Å². The van der Waals surface area contributed by atoms with E-state index in [1.807, 2.05) is 0 Å². The SMILES string of the molecule is c1ccc2cc3c(ccc4cc5cc6cc(-c7ccc8c9ccccc9c9ccccc9c8c7)ccc6cc5cc43)cc2c1. The van der Waals surface area contributed by atoms with Gasteiger partial charge in [0.2, 0.25) is 0 Å². The number of benzene rings is 10. The van der Waals surface area contributed by atoms with Gasteiger partial charge in [-0.1, -0.05) is 109 Å². The van der Waals surface area contributed by atoms with E-state index >= 15 is 0 Å². The van der Waals surface area contributed by atoms with E-state index in [4.69, 9.17) is 0 Å². The molecule has 0 aliphatic carbocycles. The molecule has 0 aliphatic heterocycles. The molecule has 0 amide bonds. The van der Waals surface area contributed by atoms with E-state index in [0.29, 0.717) is 0 Å². The highest BCUT2D eigenvalue weighted by Gasteiger charge is 2.11. The Morgan fingerprint density at radius 1 is 0.182 bits per heavy atom. The van der Waals surface area contributed by atoms with E-state index in [9.17, 15) is 0 Å². The summed E-state index contributed by atoms with van der Waals surface area (Å²) in [5.74, 6) is 0. The molecule has 0 radical (unpaired) electrons. The zero-order valence-electron chi connectivity index (χ0n) is 24.0. The zero-order chi connectivity index (χ0) is 28.8. The average Bonchev–Trinajstić information content (AvgIpc) is 3.08. The maximum absolute atomic E-state index is 2.38. The summed E-state index contributed by atoms with van der Waals surface area (Å²) in [6.07, 6.45) is 0. The Hall–Kier alpha value is -5.72. The summed E-state index contributed by atoms with van der Waals surface area (Å²) < 4.78 is 0. The molecule has 0 saturated heterocycles. The van der Waals surface area contributed by atoms with Gasteiger partial charge >= 0.3 is 0 Å². The Balaban J connectivity index is 1.15. The van der Waals surface area contributed by atoms with Crippen molar-refractivity contribution in [2.45, 2.75) is 0 Å². The van der Waals surface area contributed by atoms with Crippen molar-refractivity contribution in [1.82, 2.24) is 0 Å². The van der Waals surface area contributed by atoms with Crippen LogP contribution in [0.1, 0.15) is 0 Å². The summed E-state index contributed by atoms with van der Waals surface area (Å²) in [4.78, 5) is 0. The summed E-state index contributed by atoms with van der Waals surface area (Å²) in [7, 11) is 0. The smallest absolute Gasteiger partial charge is 0.00928 e. The van der Waals surface area contributed by atoms with Crippen molar-refractivity contribution in [2.75, 3.05) is 0 Å².